The maximum atomic E-state index is 11.9. The van der Waals surface area contributed by atoms with Crippen LogP contribution in [0.1, 0.15) is 23.5 Å². The lowest BCUT2D eigenvalue weighted by Gasteiger charge is -2.16. The minimum atomic E-state index is -1.54. The van der Waals surface area contributed by atoms with Gasteiger partial charge in [-0.15, -0.1) is 0 Å². The number of amides is 1. The van der Waals surface area contributed by atoms with Gasteiger partial charge in [-0.25, -0.2) is 9.59 Å². The Hall–Kier alpha value is -3.35. The van der Waals surface area contributed by atoms with E-state index in [4.69, 9.17) is 14.9 Å². The van der Waals surface area contributed by atoms with Crippen molar-refractivity contribution in [3.63, 3.8) is 0 Å². The molecule has 1 amide bonds. The lowest BCUT2D eigenvalue weighted by Crippen LogP contribution is -2.42. The van der Waals surface area contributed by atoms with Crippen molar-refractivity contribution < 1.29 is 29.3 Å². The van der Waals surface area contributed by atoms with E-state index in [1.54, 1.807) is 0 Å². The van der Waals surface area contributed by atoms with E-state index in [-0.39, 0.29) is 12.5 Å². The van der Waals surface area contributed by atoms with Gasteiger partial charge in [0.2, 0.25) is 0 Å². The molecule has 0 bridgehead atoms. The first-order valence-corrected chi connectivity index (χ1v) is 8.03. The van der Waals surface area contributed by atoms with Crippen LogP contribution in [0.25, 0.3) is 11.1 Å². The van der Waals surface area contributed by atoms with Gasteiger partial charge in [0.1, 0.15) is 12.6 Å². The largest absolute Gasteiger partial charge is 0.481 e. The molecule has 3 N–H and O–H groups in total. The maximum Gasteiger partial charge on any atom is 0.407 e. The van der Waals surface area contributed by atoms with Crippen molar-refractivity contribution in [2.45, 2.75) is 18.4 Å². The van der Waals surface area contributed by atoms with E-state index in [1.165, 1.54) is 0 Å². The third kappa shape index (κ3) is 3.51. The number of carboxylic acids is 2. The van der Waals surface area contributed by atoms with Crippen molar-refractivity contribution in [1.82, 2.24) is 5.32 Å². The first-order valence-electron chi connectivity index (χ1n) is 8.03. The highest BCUT2D eigenvalue weighted by Gasteiger charge is 2.30. The normalized spacial score (nSPS) is 13.4. The van der Waals surface area contributed by atoms with Crippen molar-refractivity contribution in [2.75, 3.05) is 6.61 Å². The Kier molecular flexibility index (Phi) is 4.88. The third-order valence-electron chi connectivity index (χ3n) is 4.31. The van der Waals surface area contributed by atoms with Crippen LogP contribution in [0.5, 0.6) is 0 Å². The molecule has 7 heteroatoms. The van der Waals surface area contributed by atoms with E-state index in [9.17, 15) is 14.4 Å². The summed E-state index contributed by atoms with van der Waals surface area (Å²) in [5.41, 5.74) is 4.21. The molecule has 2 aromatic rings. The number of fused-ring (bicyclic) bond motifs is 3. The summed E-state index contributed by atoms with van der Waals surface area (Å²) in [7, 11) is 0. The number of aliphatic carboxylic acids is 2. The third-order valence-corrected chi connectivity index (χ3v) is 4.31. The van der Waals surface area contributed by atoms with E-state index >= 15 is 0 Å². The molecular weight excluding hydrogens is 339 g/mol. The number of hydrogen-bond acceptors (Lipinski definition) is 4. The van der Waals surface area contributed by atoms with Crippen LogP contribution in [0.3, 0.4) is 0 Å². The van der Waals surface area contributed by atoms with Crippen LogP contribution in [0.4, 0.5) is 4.79 Å². The number of hydrogen-bond donors (Lipinski definition) is 3. The second-order valence-corrected chi connectivity index (χ2v) is 5.96. The van der Waals surface area contributed by atoms with Crippen molar-refractivity contribution in [2.24, 2.45) is 0 Å². The van der Waals surface area contributed by atoms with Crippen molar-refractivity contribution >= 4 is 18.0 Å². The average molecular weight is 356 g/mol. The second kappa shape index (κ2) is 7.26. The summed E-state index contributed by atoms with van der Waals surface area (Å²) in [4.78, 5) is 33.6. The maximum absolute atomic E-state index is 11.9. The molecular formula is C19H17NO6. The van der Waals surface area contributed by atoms with Crippen LogP contribution in [0, 0.1) is 0 Å². The molecule has 1 atom stereocenters. The second-order valence-electron chi connectivity index (χ2n) is 5.96. The van der Waals surface area contributed by atoms with Gasteiger partial charge in [0.15, 0.2) is 0 Å². The number of benzene rings is 2. The standard InChI is InChI=1S/C19H17NO6/c21-17(22)9-16(18(23)24)20-19(25)26-10-15-13-7-3-1-5-11(13)12-6-2-4-8-14(12)15/h1-8,15-16H,9-10H2,(H,20,25)(H,21,22)(H,23,24)/t16-/m0/s1/i16+1. The molecule has 0 radical (unpaired) electrons. The molecule has 7 nitrogen and oxygen atoms in total. The molecule has 1 aliphatic rings. The minimum absolute atomic E-state index is 0.0271. The molecule has 0 unspecified atom stereocenters. The number of carbonyl (C=O) groups is 3. The summed E-state index contributed by atoms with van der Waals surface area (Å²) in [5, 5.41) is 19.8. The van der Waals surface area contributed by atoms with Crippen LogP contribution in [0.15, 0.2) is 48.5 Å². The molecule has 0 heterocycles. The number of rotatable bonds is 6. The Balaban J connectivity index is 1.71. The molecule has 3 rings (SSSR count). The summed E-state index contributed by atoms with van der Waals surface area (Å²) in [5.74, 6) is -2.91. The van der Waals surface area contributed by atoms with Gasteiger partial charge in [0.25, 0.3) is 0 Å². The van der Waals surface area contributed by atoms with E-state index in [1.807, 2.05) is 48.5 Å². The molecule has 1 aliphatic carbocycles. The van der Waals surface area contributed by atoms with Crippen LogP contribution in [-0.2, 0) is 14.3 Å². The summed E-state index contributed by atoms with van der Waals surface area (Å²) in [6.07, 6.45) is -1.68. The van der Waals surface area contributed by atoms with Gasteiger partial charge in [-0.3, -0.25) is 4.79 Å². The fraction of sp³-hybridized carbons (Fsp3) is 0.211. The molecule has 0 fully saturated rings. The molecule has 0 spiro atoms. The van der Waals surface area contributed by atoms with Gasteiger partial charge >= 0.3 is 18.0 Å². The van der Waals surface area contributed by atoms with Crippen LogP contribution in [0.2, 0.25) is 0 Å². The molecule has 134 valence electrons. The monoisotopic (exact) mass is 356 g/mol. The molecule has 0 saturated heterocycles. The lowest BCUT2D eigenvalue weighted by atomic mass is 9.98. The van der Waals surface area contributed by atoms with Crippen molar-refractivity contribution in [3.05, 3.63) is 59.7 Å². The van der Waals surface area contributed by atoms with Gasteiger partial charge in [-0.2, -0.15) is 0 Å². The van der Waals surface area contributed by atoms with E-state index in [0.29, 0.717) is 0 Å². The Morgan fingerprint density at radius 1 is 0.962 bits per heavy atom. The highest BCUT2D eigenvalue weighted by Crippen LogP contribution is 2.44. The summed E-state index contributed by atoms with van der Waals surface area (Å²) < 4.78 is 5.20. The minimum Gasteiger partial charge on any atom is -0.481 e. The van der Waals surface area contributed by atoms with Crippen LogP contribution >= 0.6 is 0 Å². The number of ether oxygens (including phenoxy) is 1. The Bertz CT molecular complexity index is 817. The number of nitrogens with one attached hydrogen (secondary N) is 1. The number of carbonyl (C=O) groups excluding carboxylic acids is 1. The Morgan fingerprint density at radius 3 is 2.00 bits per heavy atom. The first-order chi connectivity index (χ1) is 12.5. The van der Waals surface area contributed by atoms with Gasteiger partial charge in [-0.05, 0) is 22.3 Å². The van der Waals surface area contributed by atoms with E-state index < -0.39 is 30.5 Å². The molecule has 26 heavy (non-hydrogen) atoms. The predicted octanol–water partition coefficient (Wildman–Crippen LogP) is 2.45. The van der Waals surface area contributed by atoms with Gasteiger partial charge < -0.3 is 20.3 Å². The van der Waals surface area contributed by atoms with E-state index in [2.05, 4.69) is 5.32 Å². The smallest absolute Gasteiger partial charge is 0.407 e. The lowest BCUT2D eigenvalue weighted by molar-refractivity contribution is -0.145. The molecule has 2 aromatic carbocycles. The van der Waals surface area contributed by atoms with Gasteiger partial charge in [0.05, 0.1) is 6.42 Å². The number of alkyl carbamates (subject to hydrolysis) is 1. The average Bonchev–Trinajstić information content (AvgIpc) is 2.93. The van der Waals surface area contributed by atoms with Gasteiger partial charge in [-0.1, -0.05) is 48.5 Å². The molecule has 0 aromatic heterocycles. The topological polar surface area (TPSA) is 113 Å². The van der Waals surface area contributed by atoms with Crippen molar-refractivity contribution in [3.8, 4) is 11.1 Å². The molecule has 0 aliphatic heterocycles. The fourth-order valence-corrected chi connectivity index (χ4v) is 3.16. The summed E-state index contributed by atoms with van der Waals surface area (Å²) in [6, 6.07) is 14.1. The van der Waals surface area contributed by atoms with Crippen LogP contribution < -0.4 is 5.32 Å². The first kappa shape index (κ1) is 17.5. The van der Waals surface area contributed by atoms with Gasteiger partial charge in [0, 0.05) is 5.92 Å². The zero-order chi connectivity index (χ0) is 18.7. The van der Waals surface area contributed by atoms with Crippen molar-refractivity contribution in [1.29, 1.82) is 0 Å². The van der Waals surface area contributed by atoms with E-state index in [0.717, 1.165) is 22.3 Å². The Labute approximate surface area is 149 Å². The fourth-order valence-electron chi connectivity index (χ4n) is 3.16. The zero-order valence-electron chi connectivity index (χ0n) is 13.7. The SMILES string of the molecule is O=C(O)C[13C@H](NC(=O)OCC1c2ccccc2-c2ccccc21)C(=O)O. The predicted molar refractivity (Wildman–Crippen MR) is 91.9 cm³/mol. The highest BCUT2D eigenvalue weighted by molar-refractivity contribution is 5.84. The number of carboxylic acid groups (broad SMARTS) is 2. The van der Waals surface area contributed by atoms with Crippen LogP contribution in [-0.4, -0.2) is 40.9 Å². The summed E-state index contributed by atoms with van der Waals surface area (Å²) >= 11 is 0. The molecule has 0 saturated carbocycles. The zero-order valence-corrected chi connectivity index (χ0v) is 13.7. The highest BCUT2D eigenvalue weighted by atomic mass is 16.6. The summed E-state index contributed by atoms with van der Waals surface area (Å²) in [6.45, 7) is 0.0271. The Morgan fingerprint density at radius 2 is 1.50 bits per heavy atom. The quantitative estimate of drug-likeness (QED) is 0.685.